The Balaban J connectivity index is 0. The molecule has 0 amide bonds. The average molecular weight is 312 g/mol. The van der Waals surface area contributed by atoms with Crippen LogP contribution in [0.15, 0.2) is 18.3 Å². The molecule has 104 valence electrons. The van der Waals surface area contributed by atoms with E-state index in [1.54, 1.807) is 6.07 Å². The number of likely N-dealkylation sites (tertiary alicyclic amines) is 1. The molecule has 2 rings (SSSR count). The van der Waals surface area contributed by atoms with Crippen molar-refractivity contribution in [2.45, 2.75) is 13.0 Å². The number of aromatic nitrogens is 1. The number of carbonyl (C=O) groups excluding carboxylic acids is 2. The van der Waals surface area contributed by atoms with E-state index in [4.69, 9.17) is 14.6 Å². The second-order valence-electron chi connectivity index (χ2n) is 4.10. The first-order valence-electron chi connectivity index (χ1n) is 5.59. The number of hydrogen-bond donors (Lipinski definition) is 0. The molecule has 1 saturated heterocycles. The van der Waals surface area contributed by atoms with Gasteiger partial charge in [0.15, 0.2) is 0 Å². The zero-order chi connectivity index (χ0) is 14.4. The number of ether oxygens (including phenoxy) is 1. The Hall–Kier alpha value is -0.150. The van der Waals surface area contributed by atoms with Gasteiger partial charge in [0.2, 0.25) is 5.88 Å². The van der Waals surface area contributed by atoms with Gasteiger partial charge in [-0.2, -0.15) is 0 Å². The Morgan fingerprint density at radius 3 is 2.29 bits per heavy atom. The van der Waals surface area contributed by atoms with Crippen molar-refractivity contribution in [3.05, 3.63) is 23.9 Å². The normalized spacial score (nSPS) is 13.4. The molecule has 1 aromatic rings. The monoisotopic (exact) mass is 312 g/mol. The summed E-state index contributed by atoms with van der Waals surface area (Å²) >= 11 is 0. The van der Waals surface area contributed by atoms with Crippen molar-refractivity contribution >= 4 is 11.9 Å². The van der Waals surface area contributed by atoms with Crippen LogP contribution in [-0.4, -0.2) is 48.1 Å². The Labute approximate surface area is 167 Å². The summed E-state index contributed by atoms with van der Waals surface area (Å²) in [6.07, 6.45) is 1.53. The van der Waals surface area contributed by atoms with Crippen LogP contribution >= 0.6 is 0 Å². The van der Waals surface area contributed by atoms with Gasteiger partial charge in [0.25, 0.3) is 0 Å². The Morgan fingerprint density at radius 2 is 1.86 bits per heavy atom. The number of rotatable bonds is 3. The minimum absolute atomic E-state index is 0. The second kappa shape index (κ2) is 11.4. The van der Waals surface area contributed by atoms with Crippen LogP contribution in [0.3, 0.4) is 0 Å². The van der Waals surface area contributed by atoms with Crippen molar-refractivity contribution in [3.8, 4) is 5.88 Å². The molecule has 7 nitrogen and oxygen atoms in total. The number of nitrogens with zero attached hydrogens (tertiary/aromatic N) is 2. The van der Waals surface area contributed by atoms with Crippen molar-refractivity contribution < 1.29 is 83.7 Å². The van der Waals surface area contributed by atoms with Gasteiger partial charge in [-0.15, -0.1) is 0 Å². The first-order valence-corrected chi connectivity index (χ1v) is 5.59. The molecule has 0 bridgehead atoms. The van der Waals surface area contributed by atoms with Gasteiger partial charge in [0, 0.05) is 25.3 Å². The zero-order valence-electron chi connectivity index (χ0n) is 12.7. The van der Waals surface area contributed by atoms with E-state index >= 15 is 0 Å². The summed E-state index contributed by atoms with van der Waals surface area (Å²) in [6.45, 7) is 2.56. The van der Waals surface area contributed by atoms with Crippen LogP contribution in [0.1, 0.15) is 17.3 Å². The number of likely N-dealkylation sites (N-methyl/N-ethyl adjacent to an activating group) is 1. The Bertz CT molecular complexity index is 463. The third kappa shape index (κ3) is 8.77. The summed E-state index contributed by atoms with van der Waals surface area (Å²) in [7, 11) is 1.97. The Kier molecular flexibility index (Phi) is 12.6. The van der Waals surface area contributed by atoms with Gasteiger partial charge < -0.3 is 24.5 Å². The molecule has 0 atom stereocenters. The maximum absolute atomic E-state index is 10.7. The molecule has 0 radical (unpaired) electrons. The molecule has 0 saturated carbocycles. The molecular formula is C12H14N2Na2O5. The third-order valence-electron chi connectivity index (χ3n) is 2.30. The number of carbonyl (C=O) groups is 2. The summed E-state index contributed by atoms with van der Waals surface area (Å²) in [6, 6.07) is 2.98. The fourth-order valence-corrected chi connectivity index (χ4v) is 1.51. The van der Waals surface area contributed by atoms with Crippen LogP contribution in [0.4, 0.5) is 0 Å². The number of carboxylic acids is 2. The number of pyridine rings is 1. The SMILES string of the molecule is CC(=O)[O-].CN1CC(Oc2ncccc2C(=O)[O-])C1.[Na+].[Na+]. The maximum atomic E-state index is 10.7. The van der Waals surface area contributed by atoms with Crippen LogP contribution in [0.2, 0.25) is 0 Å². The van der Waals surface area contributed by atoms with Crippen molar-refractivity contribution in [1.82, 2.24) is 9.88 Å². The molecule has 0 N–H and O–H groups in total. The van der Waals surface area contributed by atoms with Crippen LogP contribution in [0.5, 0.6) is 5.88 Å². The molecule has 1 aliphatic rings. The molecule has 1 fully saturated rings. The molecule has 0 spiro atoms. The van der Waals surface area contributed by atoms with Gasteiger partial charge in [0.1, 0.15) is 6.10 Å². The van der Waals surface area contributed by atoms with E-state index in [1.807, 2.05) is 7.05 Å². The first kappa shape index (κ1) is 23.1. The van der Waals surface area contributed by atoms with Crippen molar-refractivity contribution in [2.24, 2.45) is 0 Å². The van der Waals surface area contributed by atoms with Crippen LogP contribution < -0.4 is 74.1 Å². The van der Waals surface area contributed by atoms with Crippen LogP contribution in [0, 0.1) is 0 Å². The first-order chi connectivity index (χ1) is 8.90. The predicted octanol–water partition coefficient (Wildman–Crippen LogP) is -8.10. The molecule has 1 aromatic heterocycles. The minimum Gasteiger partial charge on any atom is -0.550 e. The maximum Gasteiger partial charge on any atom is 1.00 e. The van der Waals surface area contributed by atoms with Crippen LogP contribution in [-0.2, 0) is 4.79 Å². The quantitative estimate of drug-likeness (QED) is 0.510. The van der Waals surface area contributed by atoms with Crippen molar-refractivity contribution in [3.63, 3.8) is 0 Å². The predicted molar refractivity (Wildman–Crippen MR) is 61.2 cm³/mol. The van der Waals surface area contributed by atoms with E-state index in [9.17, 15) is 9.90 Å². The van der Waals surface area contributed by atoms with Gasteiger partial charge in [-0.05, 0) is 26.1 Å². The Morgan fingerprint density at radius 1 is 1.33 bits per heavy atom. The molecule has 9 heteroatoms. The third-order valence-corrected chi connectivity index (χ3v) is 2.30. The van der Waals surface area contributed by atoms with Crippen LogP contribution in [0.25, 0.3) is 0 Å². The number of carboxylic acid groups (broad SMARTS) is 2. The molecule has 0 unspecified atom stereocenters. The zero-order valence-corrected chi connectivity index (χ0v) is 16.7. The van der Waals surface area contributed by atoms with E-state index < -0.39 is 11.9 Å². The summed E-state index contributed by atoms with van der Waals surface area (Å²) in [5.74, 6) is -2.19. The fraction of sp³-hybridized carbons (Fsp3) is 0.417. The average Bonchev–Trinajstić information content (AvgIpc) is 2.26. The smallest absolute Gasteiger partial charge is 0.550 e. The number of aromatic carboxylic acids is 1. The fourth-order valence-electron chi connectivity index (χ4n) is 1.51. The van der Waals surface area contributed by atoms with Gasteiger partial charge >= 0.3 is 59.1 Å². The summed E-state index contributed by atoms with van der Waals surface area (Å²) in [5.41, 5.74) is 0.00653. The number of hydrogen-bond acceptors (Lipinski definition) is 7. The van der Waals surface area contributed by atoms with E-state index in [0.29, 0.717) is 0 Å². The van der Waals surface area contributed by atoms with Crippen molar-refractivity contribution in [1.29, 1.82) is 0 Å². The van der Waals surface area contributed by atoms with E-state index in [-0.39, 0.29) is 76.7 Å². The minimum atomic E-state index is -1.26. The molecule has 21 heavy (non-hydrogen) atoms. The molecule has 0 aromatic carbocycles. The van der Waals surface area contributed by atoms with Gasteiger partial charge in [-0.1, -0.05) is 0 Å². The van der Waals surface area contributed by atoms with E-state index in [0.717, 1.165) is 20.0 Å². The number of aliphatic carboxylic acids is 1. The largest absolute Gasteiger partial charge is 1.00 e. The molecule has 2 heterocycles. The summed E-state index contributed by atoms with van der Waals surface area (Å²) in [5, 5.41) is 19.6. The standard InChI is InChI=1S/C10H12N2O3.C2H4O2.2Na/c1-12-5-7(6-12)15-9-8(10(13)14)3-2-4-11-9;1-2(3)4;;/h2-4,7H,5-6H2,1H3,(H,13,14);1H3,(H,3,4);;/q;;2*+1/p-2. The van der Waals surface area contributed by atoms with Gasteiger partial charge in [-0.25, -0.2) is 4.98 Å². The van der Waals surface area contributed by atoms with E-state index in [1.165, 1.54) is 12.3 Å². The second-order valence-corrected chi connectivity index (χ2v) is 4.10. The molecular weight excluding hydrogens is 298 g/mol. The summed E-state index contributed by atoms with van der Waals surface area (Å²) in [4.78, 5) is 25.6. The van der Waals surface area contributed by atoms with Gasteiger partial charge in [0.05, 0.1) is 11.5 Å². The molecule has 1 aliphatic heterocycles. The topological polar surface area (TPSA) is 106 Å². The van der Waals surface area contributed by atoms with Gasteiger partial charge in [-0.3, -0.25) is 4.90 Å². The van der Waals surface area contributed by atoms with Crippen molar-refractivity contribution in [2.75, 3.05) is 20.1 Å². The summed E-state index contributed by atoms with van der Waals surface area (Å²) < 4.78 is 5.44. The molecule has 0 aliphatic carbocycles. The van der Waals surface area contributed by atoms with E-state index in [2.05, 4.69) is 9.88 Å².